The molecule has 4 aliphatic rings. The number of anilines is 1. The molecule has 0 atom stereocenters. The van der Waals surface area contributed by atoms with Crippen LogP contribution in [0, 0.1) is 0 Å². The zero-order chi connectivity index (χ0) is 38.8. The number of Topliss-reactive ketones (excluding diaryl/α,β-unsaturated/α-hetero) is 1. The van der Waals surface area contributed by atoms with E-state index in [1.807, 2.05) is 0 Å². The van der Waals surface area contributed by atoms with Gasteiger partial charge in [0.25, 0.3) is 4.91 Å². The van der Waals surface area contributed by atoms with Gasteiger partial charge in [-0.1, -0.05) is 24.3 Å². The normalized spacial score (nSPS) is 16.9. The Hall–Kier alpha value is -4.52. The summed E-state index contributed by atoms with van der Waals surface area (Å²) in [5, 5.41) is 41.6. The molecule has 0 saturated carbocycles. The number of rotatable bonds is 7. The van der Waals surface area contributed by atoms with Gasteiger partial charge in [0.2, 0.25) is 5.78 Å². The first kappa shape index (κ1) is 44.2. The van der Waals surface area contributed by atoms with Crippen molar-refractivity contribution in [2.45, 2.75) is 4.90 Å². The van der Waals surface area contributed by atoms with E-state index < -0.39 is 64.4 Å². The Bertz CT molecular complexity index is 2540. The summed E-state index contributed by atoms with van der Waals surface area (Å²) in [5.41, 5.74) is 7.77. The zero-order valence-electron chi connectivity index (χ0n) is 29.1. The van der Waals surface area contributed by atoms with Crippen LogP contribution in [-0.4, -0.2) is 66.9 Å². The van der Waals surface area contributed by atoms with Crippen molar-refractivity contribution < 1.29 is 105 Å². The third-order valence-electron chi connectivity index (χ3n) is 7.61. The van der Waals surface area contributed by atoms with E-state index in [-0.39, 0.29) is 87.2 Å². The molecular weight excluding hydrogens is 791 g/mol. The summed E-state index contributed by atoms with van der Waals surface area (Å²) >= 11 is 0. The largest absolute Gasteiger partial charge is 1.00 e. The molecule has 2 aromatic rings. The van der Waals surface area contributed by atoms with Gasteiger partial charge in [-0.2, -0.15) is 34.6 Å². The molecule has 0 amide bonds. The van der Waals surface area contributed by atoms with E-state index in [0.29, 0.717) is 17.5 Å². The number of benzene rings is 2. The fourth-order valence-electron chi connectivity index (χ4n) is 4.99. The zero-order valence-corrected chi connectivity index (χ0v) is 34.7. The second-order valence-corrected chi connectivity index (χ2v) is 14.0. The molecule has 0 aromatic heterocycles. The van der Waals surface area contributed by atoms with Crippen LogP contribution < -0.4 is 64.3 Å². The van der Waals surface area contributed by atoms with E-state index in [9.17, 15) is 35.9 Å². The molecule has 0 aliphatic heterocycles. The molecule has 18 nitrogen and oxygen atoms in total. The number of hydrogen-bond acceptors (Lipinski definition) is 15. The summed E-state index contributed by atoms with van der Waals surface area (Å²) in [4.78, 5) is 22.9. The Morgan fingerprint density at radius 3 is 1.66 bits per heavy atom. The number of hydrogen-bond donors (Lipinski definition) is 4. The summed E-state index contributed by atoms with van der Waals surface area (Å²) in [5.74, 6) is -1.36. The second kappa shape index (κ2) is 18.2. The number of carbonyl (C=O) groups is 2. The molecule has 0 bridgehead atoms. The van der Waals surface area contributed by atoms with Crippen LogP contribution in [0.15, 0.2) is 155 Å². The fourth-order valence-corrected chi connectivity index (χ4v) is 6.31. The minimum atomic E-state index is -5.38. The van der Waals surface area contributed by atoms with Gasteiger partial charge in [-0.25, -0.2) is 8.42 Å². The minimum Gasteiger partial charge on any atom is -0.744 e. The van der Waals surface area contributed by atoms with Gasteiger partial charge in [0.15, 0.2) is 11.5 Å². The Labute approximate surface area is 363 Å². The number of fused-ring (bicyclic) bond motifs is 1. The van der Waals surface area contributed by atoms with E-state index in [2.05, 4.69) is 30.6 Å². The van der Waals surface area contributed by atoms with Crippen molar-refractivity contribution in [1.82, 2.24) is 0 Å². The molecule has 6 rings (SSSR count). The topological polar surface area (TPSA) is 291 Å². The fraction of sp³-hybridized carbons (Fsp3) is 0. The predicted molar refractivity (Wildman–Crippen MR) is 197 cm³/mol. The monoisotopic (exact) mass is 813 g/mol. The summed E-state index contributed by atoms with van der Waals surface area (Å²) in [7, 11) is -10.3. The number of nitrogens with one attached hydrogen (secondary N) is 1. The molecule has 4 aliphatic carbocycles. The number of nitrogens with zero attached hydrogens (tertiary/aromatic N) is 7. The average Bonchev–Trinajstić information content (AvgIpc) is 3.13. The third-order valence-corrected chi connectivity index (χ3v) is 9.34. The maximum Gasteiger partial charge on any atom is 1.00 e. The second-order valence-electron chi connectivity index (χ2n) is 11.2. The van der Waals surface area contributed by atoms with E-state index in [0.717, 1.165) is 17.2 Å². The van der Waals surface area contributed by atoms with Gasteiger partial charge in [-0.15, -0.1) is 16.0 Å². The van der Waals surface area contributed by atoms with Crippen LogP contribution in [0.3, 0.4) is 0 Å². The molecule has 0 unspecified atom stereocenters. The van der Waals surface area contributed by atoms with Gasteiger partial charge in [0.05, 0.1) is 39.1 Å². The Kier molecular flexibility index (Phi) is 14.3. The third kappa shape index (κ3) is 10.3. The number of allylic oxidation sites excluding steroid dienone is 15. The minimum absolute atomic E-state index is 0. The van der Waals surface area contributed by atoms with Gasteiger partial charge in [0, 0.05) is 11.6 Å². The standard InChI is InChI=1S/C34H24N8O10S2.2Na/c35-31-30-21(17-28(53(47,48)49)32(31)40-38-24-9-13-26(14-10-24)42(45)46)18-29(54(50,51)52)33(34(30)44)41-39-23-7-3-20(4-8-23)19-1-5-22(6-2-19)36-37-25-11-15-27(43)16-12-25;;/h1-18,45-46H,(H4-,35,38,44,47,48,49,50,51,52);;/q;2*+1/p-1. The molecule has 0 saturated heterocycles. The van der Waals surface area contributed by atoms with Crippen molar-refractivity contribution in [1.29, 1.82) is 0 Å². The van der Waals surface area contributed by atoms with E-state index in [4.69, 9.17) is 16.1 Å². The SMILES string of the molecule is [NH-]c1c(N=Nc2ccc(N(O)O)cc2)c(S(=O)(=O)[O-])cc2c1C(=O)C(=NN=C1C=CC(=C3C=CC(=NN=C4C=CC(=O)C=C4)C=C3)C=C1)C([S+](=O)(O)O)=C2.[Na+].[Na+]. The van der Waals surface area contributed by atoms with Crippen LogP contribution in [0.1, 0.15) is 15.9 Å². The number of ketones is 2. The molecule has 56 heavy (non-hydrogen) atoms. The molecule has 0 fully saturated rings. The first-order valence-corrected chi connectivity index (χ1v) is 18.0. The van der Waals surface area contributed by atoms with Crippen molar-refractivity contribution in [2.24, 2.45) is 30.6 Å². The number of azo groups is 1. The maximum atomic E-state index is 13.7. The summed E-state index contributed by atoms with van der Waals surface area (Å²) < 4.78 is 69.2. The van der Waals surface area contributed by atoms with Gasteiger partial charge in [-0.3, -0.25) is 20.0 Å². The van der Waals surface area contributed by atoms with Crippen molar-refractivity contribution >= 4 is 83.9 Å². The predicted octanol–water partition coefficient (Wildman–Crippen LogP) is 0.103. The quantitative estimate of drug-likeness (QED) is 0.0726. The molecular formula is C34H23N8Na2O10S2+. The average molecular weight is 814 g/mol. The molecule has 0 spiro atoms. The van der Waals surface area contributed by atoms with E-state index in [1.54, 1.807) is 48.6 Å². The van der Waals surface area contributed by atoms with Gasteiger partial charge in [0.1, 0.15) is 10.1 Å². The molecule has 0 radical (unpaired) electrons. The Morgan fingerprint density at radius 2 is 1.20 bits per heavy atom. The summed E-state index contributed by atoms with van der Waals surface area (Å²) in [6.45, 7) is 0. The van der Waals surface area contributed by atoms with E-state index >= 15 is 0 Å². The summed E-state index contributed by atoms with van der Waals surface area (Å²) in [6, 6.07) is 5.55. The first-order chi connectivity index (χ1) is 25.6. The van der Waals surface area contributed by atoms with Crippen LogP contribution in [0.25, 0.3) is 11.8 Å². The van der Waals surface area contributed by atoms with Crippen molar-refractivity contribution in [2.75, 3.05) is 5.23 Å². The van der Waals surface area contributed by atoms with Crippen LogP contribution in [0.2, 0.25) is 0 Å². The first-order valence-electron chi connectivity index (χ1n) is 15.1. The van der Waals surface area contributed by atoms with Crippen LogP contribution in [0.4, 0.5) is 22.7 Å². The Morgan fingerprint density at radius 1 is 0.714 bits per heavy atom. The molecule has 2 aromatic carbocycles. The number of carbonyl (C=O) groups excluding carboxylic acids is 2. The molecule has 22 heteroatoms. The van der Waals surface area contributed by atoms with E-state index in [1.165, 1.54) is 48.6 Å². The van der Waals surface area contributed by atoms with Gasteiger partial charge >= 0.3 is 69.6 Å². The maximum absolute atomic E-state index is 13.7. The van der Waals surface area contributed by atoms with Crippen molar-refractivity contribution in [3.05, 3.63) is 136 Å². The Balaban J connectivity index is 0.00000348. The van der Waals surface area contributed by atoms with Crippen LogP contribution >= 0.6 is 0 Å². The van der Waals surface area contributed by atoms with Crippen LogP contribution in [0.5, 0.6) is 0 Å². The summed E-state index contributed by atoms with van der Waals surface area (Å²) in [6.07, 6.45) is 20.1. The smallest absolute Gasteiger partial charge is 0.744 e. The molecule has 0 heterocycles. The van der Waals surface area contributed by atoms with Crippen molar-refractivity contribution in [3.8, 4) is 0 Å². The molecule has 272 valence electrons. The van der Waals surface area contributed by atoms with Crippen LogP contribution in [-0.2, 0) is 29.6 Å². The van der Waals surface area contributed by atoms with Crippen molar-refractivity contribution in [3.63, 3.8) is 0 Å². The van der Waals surface area contributed by atoms with Gasteiger partial charge < -0.3 is 10.3 Å². The molecule has 5 N–H and O–H groups in total. The van der Waals surface area contributed by atoms with Gasteiger partial charge in [-0.05, 0) is 99.9 Å².